The number of hydrogen-bond acceptors (Lipinski definition) is 8. The van der Waals surface area contributed by atoms with Gasteiger partial charge in [0.05, 0.1) is 35.5 Å². The fourth-order valence-electron chi connectivity index (χ4n) is 5.05. The van der Waals surface area contributed by atoms with Gasteiger partial charge in [-0.15, -0.1) is 21.5 Å². The van der Waals surface area contributed by atoms with Crippen molar-refractivity contribution in [2.75, 3.05) is 12.4 Å². The van der Waals surface area contributed by atoms with Gasteiger partial charge in [-0.1, -0.05) is 65.9 Å². The molecule has 0 aliphatic carbocycles. The van der Waals surface area contributed by atoms with E-state index in [0.29, 0.717) is 29.6 Å². The minimum absolute atomic E-state index is 0.106. The Bertz CT molecular complexity index is 1790. The highest BCUT2D eigenvalue weighted by Crippen LogP contribution is 2.35. The number of benzene rings is 3. The van der Waals surface area contributed by atoms with E-state index in [1.165, 1.54) is 11.8 Å². The first kappa shape index (κ1) is 30.3. The number of aryl methyl sites for hydroxylation is 1. The van der Waals surface area contributed by atoms with Gasteiger partial charge in [0, 0.05) is 17.7 Å². The quantitative estimate of drug-likeness (QED) is 0.168. The number of nitrogens with zero attached hydrogens (tertiary/aromatic N) is 5. The molecule has 6 rings (SSSR count). The number of ether oxygens (including phenoxy) is 1. The Labute approximate surface area is 270 Å². The summed E-state index contributed by atoms with van der Waals surface area (Å²) in [6, 6.07) is 28.7. The van der Waals surface area contributed by atoms with E-state index in [2.05, 4.69) is 39.8 Å². The zero-order valence-corrected chi connectivity index (χ0v) is 26.6. The molecule has 3 heterocycles. The van der Waals surface area contributed by atoms with Gasteiger partial charge in [-0.05, 0) is 67.3 Å². The van der Waals surface area contributed by atoms with Gasteiger partial charge in [-0.25, -0.2) is 5.01 Å². The minimum Gasteiger partial charge on any atom is -0.494 e. The number of thiophene rings is 1. The zero-order chi connectivity index (χ0) is 31.2. The van der Waals surface area contributed by atoms with E-state index < -0.39 is 0 Å². The monoisotopic (exact) mass is 636 g/mol. The second-order valence-electron chi connectivity index (χ2n) is 10.4. The van der Waals surface area contributed by atoms with Crippen molar-refractivity contribution in [1.82, 2.24) is 25.1 Å². The highest BCUT2D eigenvalue weighted by Gasteiger charge is 2.33. The van der Waals surface area contributed by atoms with Crippen molar-refractivity contribution in [3.8, 4) is 11.4 Å². The van der Waals surface area contributed by atoms with Crippen molar-refractivity contribution in [2.24, 2.45) is 5.10 Å². The summed E-state index contributed by atoms with van der Waals surface area (Å²) in [5.74, 6) is 1.05. The normalized spacial score (nSPS) is 14.3. The average Bonchev–Trinajstić information content (AvgIpc) is 3.84. The van der Waals surface area contributed by atoms with Crippen molar-refractivity contribution in [3.05, 3.63) is 124 Å². The maximum Gasteiger partial charge on any atom is 0.253 e. The summed E-state index contributed by atoms with van der Waals surface area (Å²) < 4.78 is 7.49. The van der Waals surface area contributed by atoms with Crippen molar-refractivity contribution in [1.29, 1.82) is 0 Å². The Morgan fingerprint density at radius 3 is 2.47 bits per heavy atom. The van der Waals surface area contributed by atoms with Gasteiger partial charge in [0.1, 0.15) is 5.75 Å². The largest absolute Gasteiger partial charge is 0.494 e. The molecule has 0 unspecified atom stereocenters. The molecule has 1 aliphatic rings. The van der Waals surface area contributed by atoms with Crippen molar-refractivity contribution >= 4 is 40.6 Å². The highest BCUT2D eigenvalue weighted by atomic mass is 32.2. The molecule has 0 bridgehead atoms. The summed E-state index contributed by atoms with van der Waals surface area (Å²) in [6.45, 7) is 4.69. The molecule has 0 fully saturated rings. The summed E-state index contributed by atoms with van der Waals surface area (Å²) in [7, 11) is 0. The molecule has 3 aromatic carbocycles. The molecule has 1 aliphatic heterocycles. The Hall–Kier alpha value is -4.74. The van der Waals surface area contributed by atoms with Crippen LogP contribution in [0.25, 0.3) is 5.69 Å². The third-order valence-electron chi connectivity index (χ3n) is 7.31. The first-order chi connectivity index (χ1) is 22.0. The SMILES string of the molecule is CCOc1ccc(-n2c(CNC(=O)c3ccccc3)nnc2SCC(=O)N2N=C(c3cccs3)C[C@@H]2c2ccc(C)cc2)cc1. The predicted octanol–water partition coefficient (Wildman–Crippen LogP) is 6.44. The topological polar surface area (TPSA) is 102 Å². The van der Waals surface area contributed by atoms with E-state index in [9.17, 15) is 9.59 Å². The second-order valence-corrected chi connectivity index (χ2v) is 12.3. The molecule has 9 nitrogen and oxygen atoms in total. The number of carbonyl (C=O) groups is 2. The first-order valence-electron chi connectivity index (χ1n) is 14.6. The van der Waals surface area contributed by atoms with E-state index >= 15 is 0 Å². The fourth-order valence-corrected chi connectivity index (χ4v) is 6.59. The standard InChI is InChI=1S/C34H32N6O3S2/c1-3-43-27-17-15-26(16-18-27)39-31(21-35-33(42)25-8-5-4-6-9-25)36-37-34(39)45-22-32(41)40-29(24-13-11-23(2)12-14-24)20-28(38-40)30-10-7-19-44-30/h4-19,29H,3,20-22H2,1-2H3,(H,35,42)/t29-/m1/s1. The average molecular weight is 637 g/mol. The molecular weight excluding hydrogens is 605 g/mol. The number of hydrazone groups is 1. The third kappa shape index (κ3) is 7.00. The van der Waals surface area contributed by atoms with E-state index in [-0.39, 0.29) is 30.2 Å². The number of hydrogen-bond donors (Lipinski definition) is 1. The zero-order valence-electron chi connectivity index (χ0n) is 24.9. The third-order valence-corrected chi connectivity index (χ3v) is 9.14. The smallest absolute Gasteiger partial charge is 0.253 e. The molecule has 0 radical (unpaired) electrons. The molecule has 1 N–H and O–H groups in total. The minimum atomic E-state index is -0.211. The number of rotatable bonds is 11. The van der Waals surface area contributed by atoms with Gasteiger partial charge in [-0.2, -0.15) is 5.10 Å². The molecule has 2 aromatic heterocycles. The summed E-state index contributed by atoms with van der Waals surface area (Å²) in [4.78, 5) is 27.6. The molecule has 2 amide bonds. The van der Waals surface area contributed by atoms with Gasteiger partial charge < -0.3 is 10.1 Å². The Balaban J connectivity index is 1.24. The number of aromatic nitrogens is 3. The molecule has 0 spiro atoms. The van der Waals surface area contributed by atoms with Crippen LogP contribution in [-0.2, 0) is 11.3 Å². The summed E-state index contributed by atoms with van der Waals surface area (Å²) >= 11 is 2.91. The lowest BCUT2D eigenvalue weighted by Gasteiger charge is -2.22. The van der Waals surface area contributed by atoms with Crippen molar-refractivity contribution < 1.29 is 14.3 Å². The van der Waals surface area contributed by atoms with Crippen LogP contribution in [0, 0.1) is 6.92 Å². The van der Waals surface area contributed by atoms with E-state index in [0.717, 1.165) is 33.2 Å². The summed E-state index contributed by atoms with van der Waals surface area (Å²) in [5.41, 5.74) is 4.46. The lowest BCUT2D eigenvalue weighted by molar-refractivity contribution is -0.130. The van der Waals surface area contributed by atoms with Gasteiger partial charge in [0.15, 0.2) is 11.0 Å². The van der Waals surface area contributed by atoms with Crippen LogP contribution in [0.1, 0.15) is 51.6 Å². The fraction of sp³-hybridized carbons (Fsp3) is 0.206. The van der Waals surface area contributed by atoms with Crippen LogP contribution < -0.4 is 10.1 Å². The van der Waals surface area contributed by atoms with Crippen LogP contribution >= 0.6 is 23.1 Å². The highest BCUT2D eigenvalue weighted by molar-refractivity contribution is 7.99. The predicted molar refractivity (Wildman–Crippen MR) is 177 cm³/mol. The molecule has 45 heavy (non-hydrogen) atoms. The maximum absolute atomic E-state index is 13.8. The van der Waals surface area contributed by atoms with E-state index in [1.807, 2.05) is 78.4 Å². The van der Waals surface area contributed by atoms with Gasteiger partial charge >= 0.3 is 0 Å². The van der Waals surface area contributed by atoms with E-state index in [1.54, 1.807) is 28.5 Å². The molecular formula is C34H32N6O3S2. The Morgan fingerprint density at radius 1 is 0.978 bits per heavy atom. The van der Waals surface area contributed by atoms with Crippen LogP contribution in [0.2, 0.25) is 0 Å². The molecule has 0 saturated heterocycles. The second kappa shape index (κ2) is 13.9. The van der Waals surface area contributed by atoms with Crippen LogP contribution in [0.3, 0.4) is 0 Å². The van der Waals surface area contributed by atoms with Gasteiger partial charge in [0.2, 0.25) is 0 Å². The van der Waals surface area contributed by atoms with Crippen molar-refractivity contribution in [2.45, 2.75) is 38.0 Å². The van der Waals surface area contributed by atoms with Gasteiger partial charge in [0.25, 0.3) is 11.8 Å². The van der Waals surface area contributed by atoms with Crippen LogP contribution in [0.5, 0.6) is 5.75 Å². The Kier molecular flexibility index (Phi) is 9.37. The van der Waals surface area contributed by atoms with Crippen LogP contribution in [0.15, 0.2) is 107 Å². The van der Waals surface area contributed by atoms with Crippen molar-refractivity contribution in [3.63, 3.8) is 0 Å². The maximum atomic E-state index is 13.8. The number of amides is 2. The lowest BCUT2D eigenvalue weighted by atomic mass is 10.00. The van der Waals surface area contributed by atoms with Crippen LogP contribution in [-0.4, -0.2) is 49.7 Å². The molecule has 228 valence electrons. The summed E-state index contributed by atoms with van der Waals surface area (Å²) in [5, 5.41) is 20.7. The number of thioether (sulfide) groups is 1. The molecule has 11 heteroatoms. The van der Waals surface area contributed by atoms with Crippen LogP contribution in [0.4, 0.5) is 0 Å². The number of nitrogens with one attached hydrogen (secondary N) is 1. The first-order valence-corrected chi connectivity index (χ1v) is 16.5. The van der Waals surface area contributed by atoms with Gasteiger partial charge in [-0.3, -0.25) is 14.2 Å². The number of carbonyl (C=O) groups excluding carboxylic acids is 2. The molecule has 0 saturated carbocycles. The Morgan fingerprint density at radius 2 is 1.76 bits per heavy atom. The summed E-state index contributed by atoms with van der Waals surface area (Å²) in [6.07, 6.45) is 0.646. The lowest BCUT2D eigenvalue weighted by Crippen LogP contribution is -2.28. The molecule has 1 atom stereocenters. The molecule has 5 aromatic rings. The van der Waals surface area contributed by atoms with E-state index in [4.69, 9.17) is 9.84 Å².